The van der Waals surface area contributed by atoms with Gasteiger partial charge in [-0.3, -0.25) is 4.79 Å². The Morgan fingerprint density at radius 3 is 2.90 bits per heavy atom. The molecule has 1 aromatic carbocycles. The molecule has 5 heteroatoms. The molecule has 2 atom stereocenters. The Morgan fingerprint density at radius 2 is 2.00 bits per heavy atom. The molecule has 4 rings (SSSR count). The van der Waals surface area contributed by atoms with Gasteiger partial charge in [0.1, 0.15) is 11.6 Å². The molecule has 1 amide bonds. The van der Waals surface area contributed by atoms with Gasteiger partial charge in [0, 0.05) is 31.4 Å². The number of carbonyl (C=O) groups excluding carboxylic acids is 1. The van der Waals surface area contributed by atoms with Crippen molar-refractivity contribution in [3.63, 3.8) is 0 Å². The summed E-state index contributed by atoms with van der Waals surface area (Å²) >= 11 is 0. The van der Waals surface area contributed by atoms with Crippen LogP contribution < -0.4 is 10.2 Å². The predicted molar refractivity (Wildman–Crippen MR) is 81.1 cm³/mol. The second-order valence-corrected chi connectivity index (χ2v) is 6.04. The number of aromatic nitrogens is 2. The molecule has 1 aromatic heterocycles. The molecule has 2 fully saturated rings. The Hall–Kier alpha value is -2.17. The highest BCUT2D eigenvalue weighted by atomic mass is 16.1. The third kappa shape index (κ3) is 2.13. The first-order chi connectivity index (χ1) is 10.2. The molecule has 21 heavy (non-hydrogen) atoms. The summed E-state index contributed by atoms with van der Waals surface area (Å²) in [5.74, 6) is 2.99. The van der Waals surface area contributed by atoms with Crippen molar-refractivity contribution in [3.05, 3.63) is 30.1 Å². The molecular weight excluding hydrogens is 264 g/mol. The minimum absolute atomic E-state index is 0.182. The van der Waals surface area contributed by atoms with E-state index < -0.39 is 0 Å². The highest BCUT2D eigenvalue weighted by Gasteiger charge is 2.38. The van der Waals surface area contributed by atoms with Gasteiger partial charge in [0.2, 0.25) is 5.91 Å². The van der Waals surface area contributed by atoms with E-state index in [4.69, 9.17) is 0 Å². The van der Waals surface area contributed by atoms with Gasteiger partial charge in [-0.05, 0) is 30.9 Å². The molecule has 108 valence electrons. The van der Waals surface area contributed by atoms with Crippen molar-refractivity contribution in [1.82, 2.24) is 15.3 Å². The summed E-state index contributed by atoms with van der Waals surface area (Å²) in [5, 5.41) is 4.07. The number of nitrogens with one attached hydrogen (secondary N) is 1. The second kappa shape index (κ2) is 4.69. The second-order valence-electron chi connectivity index (χ2n) is 6.04. The minimum Gasteiger partial charge on any atom is -0.356 e. The van der Waals surface area contributed by atoms with Gasteiger partial charge < -0.3 is 10.2 Å². The summed E-state index contributed by atoms with van der Waals surface area (Å²) < 4.78 is 0. The zero-order chi connectivity index (χ0) is 14.4. The van der Waals surface area contributed by atoms with Crippen molar-refractivity contribution in [2.45, 2.75) is 13.3 Å². The predicted octanol–water partition coefficient (Wildman–Crippen LogP) is 1.51. The molecule has 0 spiro atoms. The number of anilines is 1. The van der Waals surface area contributed by atoms with Crippen LogP contribution in [0.5, 0.6) is 0 Å². The van der Waals surface area contributed by atoms with E-state index in [1.165, 1.54) is 0 Å². The summed E-state index contributed by atoms with van der Waals surface area (Å²) in [6.45, 7) is 4.61. The molecule has 2 aliphatic rings. The lowest BCUT2D eigenvalue weighted by molar-refractivity contribution is -0.124. The largest absolute Gasteiger partial charge is 0.356 e. The Balaban J connectivity index is 1.72. The van der Waals surface area contributed by atoms with E-state index in [9.17, 15) is 4.79 Å². The van der Waals surface area contributed by atoms with E-state index in [1.807, 2.05) is 25.1 Å². The van der Waals surface area contributed by atoms with Crippen molar-refractivity contribution < 1.29 is 4.79 Å². The molecule has 5 nitrogen and oxygen atoms in total. The van der Waals surface area contributed by atoms with Crippen LogP contribution in [0.1, 0.15) is 12.2 Å². The maximum atomic E-state index is 11.6. The van der Waals surface area contributed by atoms with Gasteiger partial charge in [0.25, 0.3) is 0 Å². The SMILES string of the molecule is Cc1nc(N2C[C@H]3CC(=O)NC[C@H]3C2)c2ccccc2n1. The molecular formula is C16H18N4O. The van der Waals surface area contributed by atoms with Gasteiger partial charge >= 0.3 is 0 Å². The van der Waals surface area contributed by atoms with Gasteiger partial charge in [-0.1, -0.05) is 12.1 Å². The molecule has 2 saturated heterocycles. The normalized spacial score (nSPS) is 25.0. The Kier molecular flexibility index (Phi) is 2.80. The van der Waals surface area contributed by atoms with Crippen LogP contribution in [0, 0.1) is 18.8 Å². The van der Waals surface area contributed by atoms with E-state index in [1.54, 1.807) is 0 Å². The van der Waals surface area contributed by atoms with E-state index >= 15 is 0 Å². The Morgan fingerprint density at radius 1 is 1.19 bits per heavy atom. The van der Waals surface area contributed by atoms with Gasteiger partial charge in [-0.15, -0.1) is 0 Å². The number of aryl methyl sites for hydroxylation is 1. The third-order valence-corrected chi connectivity index (χ3v) is 4.58. The molecule has 0 aliphatic carbocycles. The van der Waals surface area contributed by atoms with E-state index in [2.05, 4.69) is 26.3 Å². The fourth-order valence-electron chi connectivity index (χ4n) is 3.54. The van der Waals surface area contributed by atoms with Crippen LogP contribution in [0.4, 0.5) is 5.82 Å². The van der Waals surface area contributed by atoms with E-state index in [-0.39, 0.29) is 5.91 Å². The summed E-state index contributed by atoms with van der Waals surface area (Å²) in [5.41, 5.74) is 0.990. The highest BCUT2D eigenvalue weighted by molar-refractivity contribution is 5.89. The van der Waals surface area contributed by atoms with Gasteiger partial charge in [0.15, 0.2) is 0 Å². The average Bonchev–Trinajstić information content (AvgIpc) is 2.89. The molecule has 0 radical (unpaired) electrons. The molecule has 3 heterocycles. The van der Waals surface area contributed by atoms with Crippen LogP contribution in [0.25, 0.3) is 10.9 Å². The van der Waals surface area contributed by atoms with Crippen molar-refractivity contribution in [3.8, 4) is 0 Å². The zero-order valence-electron chi connectivity index (χ0n) is 12.0. The van der Waals surface area contributed by atoms with Crippen LogP contribution in [0.3, 0.4) is 0 Å². The Labute approximate surface area is 123 Å². The minimum atomic E-state index is 0.182. The summed E-state index contributed by atoms with van der Waals surface area (Å²) in [4.78, 5) is 23.1. The lowest BCUT2D eigenvalue weighted by Crippen LogP contribution is -2.39. The lowest BCUT2D eigenvalue weighted by atomic mass is 9.89. The number of piperidine rings is 1. The molecule has 0 unspecified atom stereocenters. The zero-order valence-corrected chi connectivity index (χ0v) is 12.0. The number of hydrogen-bond acceptors (Lipinski definition) is 4. The van der Waals surface area contributed by atoms with Crippen LogP contribution in [-0.4, -0.2) is 35.5 Å². The molecule has 0 saturated carbocycles. The van der Waals surface area contributed by atoms with Crippen LogP contribution in [0.2, 0.25) is 0 Å². The summed E-state index contributed by atoms with van der Waals surface area (Å²) in [6, 6.07) is 8.14. The maximum absolute atomic E-state index is 11.6. The topological polar surface area (TPSA) is 58.1 Å². The first-order valence-electron chi connectivity index (χ1n) is 7.46. The quantitative estimate of drug-likeness (QED) is 0.861. The number of benzene rings is 1. The van der Waals surface area contributed by atoms with E-state index in [0.717, 1.165) is 42.2 Å². The first kappa shape index (κ1) is 12.6. The van der Waals surface area contributed by atoms with Crippen LogP contribution in [-0.2, 0) is 4.79 Å². The maximum Gasteiger partial charge on any atom is 0.220 e. The van der Waals surface area contributed by atoms with Gasteiger partial charge in [-0.25, -0.2) is 9.97 Å². The number of carbonyl (C=O) groups is 1. The molecule has 2 aromatic rings. The number of rotatable bonds is 1. The first-order valence-corrected chi connectivity index (χ1v) is 7.46. The summed E-state index contributed by atoms with van der Waals surface area (Å²) in [6.07, 6.45) is 0.642. The fourth-order valence-corrected chi connectivity index (χ4v) is 3.54. The molecule has 0 bridgehead atoms. The number of nitrogens with zero attached hydrogens (tertiary/aromatic N) is 3. The van der Waals surface area contributed by atoms with Crippen molar-refractivity contribution in [2.24, 2.45) is 11.8 Å². The average molecular weight is 282 g/mol. The number of hydrogen-bond donors (Lipinski definition) is 1. The molecule has 2 aliphatic heterocycles. The van der Waals surface area contributed by atoms with Crippen molar-refractivity contribution in [1.29, 1.82) is 0 Å². The standard InChI is InChI=1S/C16H18N4O/c1-10-18-14-5-3-2-4-13(14)16(19-10)20-8-11-6-15(21)17-7-12(11)9-20/h2-5,11-12H,6-9H2,1H3,(H,17,21)/t11-,12+/m1/s1. The van der Waals surface area contributed by atoms with Crippen molar-refractivity contribution in [2.75, 3.05) is 24.5 Å². The highest BCUT2D eigenvalue weighted by Crippen LogP contribution is 2.34. The van der Waals surface area contributed by atoms with Gasteiger partial charge in [0.05, 0.1) is 5.52 Å². The van der Waals surface area contributed by atoms with Gasteiger partial charge in [-0.2, -0.15) is 0 Å². The number of amides is 1. The summed E-state index contributed by atoms with van der Waals surface area (Å²) in [7, 11) is 0. The van der Waals surface area contributed by atoms with Crippen LogP contribution in [0.15, 0.2) is 24.3 Å². The van der Waals surface area contributed by atoms with Crippen LogP contribution >= 0.6 is 0 Å². The lowest BCUT2D eigenvalue weighted by Gasteiger charge is -2.23. The Bertz CT molecular complexity index is 714. The third-order valence-electron chi connectivity index (χ3n) is 4.58. The smallest absolute Gasteiger partial charge is 0.220 e. The fraction of sp³-hybridized carbons (Fsp3) is 0.438. The van der Waals surface area contributed by atoms with E-state index in [0.29, 0.717) is 18.3 Å². The van der Waals surface area contributed by atoms with Crippen molar-refractivity contribution >= 4 is 22.6 Å². The number of fused-ring (bicyclic) bond motifs is 2. The molecule has 1 N–H and O–H groups in total. The number of para-hydroxylation sites is 1. The monoisotopic (exact) mass is 282 g/mol.